The Morgan fingerprint density at radius 3 is 2.25 bits per heavy atom. The quantitative estimate of drug-likeness (QED) is 0.905. The van der Waals surface area contributed by atoms with Gasteiger partial charge in [0.15, 0.2) is 0 Å². The van der Waals surface area contributed by atoms with Gasteiger partial charge in [-0.25, -0.2) is 4.98 Å². The maximum Gasteiger partial charge on any atom is 0.405 e. The molecule has 114 valence electrons. The fourth-order valence-electron chi connectivity index (χ4n) is 1.76. The molecular formula is C14H22F3N3. The van der Waals surface area contributed by atoms with Crippen LogP contribution in [0.2, 0.25) is 0 Å². The predicted octanol–water partition coefficient (Wildman–Crippen LogP) is 4.07. The summed E-state index contributed by atoms with van der Waals surface area (Å²) in [5.41, 5.74) is -0.196. The molecule has 0 atom stereocenters. The molecule has 1 N–H and O–H groups in total. The molecule has 0 spiro atoms. The number of hydrogen-bond donors (Lipinski definition) is 1. The molecule has 1 aromatic heterocycles. The molecule has 0 saturated carbocycles. The molecule has 6 heteroatoms. The molecule has 3 nitrogen and oxygen atoms in total. The van der Waals surface area contributed by atoms with Crippen LogP contribution in [0.25, 0.3) is 0 Å². The predicted molar refractivity (Wildman–Crippen MR) is 76.1 cm³/mol. The van der Waals surface area contributed by atoms with Crippen LogP contribution in [-0.4, -0.2) is 29.3 Å². The molecule has 1 rings (SSSR count). The van der Waals surface area contributed by atoms with E-state index in [0.29, 0.717) is 11.6 Å². The van der Waals surface area contributed by atoms with E-state index in [1.807, 2.05) is 20.8 Å². The van der Waals surface area contributed by atoms with Gasteiger partial charge in [-0.1, -0.05) is 6.07 Å². The molecule has 0 aromatic carbocycles. The number of nitrogens with one attached hydrogen (secondary N) is 1. The average Bonchev–Trinajstić information content (AvgIpc) is 2.22. The maximum atomic E-state index is 12.6. The second kappa shape index (κ2) is 5.89. The van der Waals surface area contributed by atoms with Crippen LogP contribution in [0.1, 0.15) is 34.6 Å². The number of halogens is 3. The van der Waals surface area contributed by atoms with Crippen molar-refractivity contribution in [3.8, 4) is 0 Å². The van der Waals surface area contributed by atoms with Crippen LogP contribution in [0.15, 0.2) is 18.2 Å². The molecular weight excluding hydrogens is 267 g/mol. The van der Waals surface area contributed by atoms with Crippen molar-refractivity contribution in [3.05, 3.63) is 18.2 Å². The van der Waals surface area contributed by atoms with Crippen LogP contribution >= 0.6 is 0 Å². The highest BCUT2D eigenvalue weighted by molar-refractivity contribution is 5.48. The zero-order valence-corrected chi connectivity index (χ0v) is 12.5. The Labute approximate surface area is 118 Å². The van der Waals surface area contributed by atoms with Crippen molar-refractivity contribution in [1.29, 1.82) is 0 Å². The van der Waals surface area contributed by atoms with E-state index in [1.54, 1.807) is 32.0 Å². The number of pyridine rings is 1. The monoisotopic (exact) mass is 289 g/mol. The van der Waals surface area contributed by atoms with Crippen LogP contribution in [0.4, 0.5) is 24.8 Å². The molecule has 0 radical (unpaired) electrons. The normalized spacial score (nSPS) is 12.7. The largest absolute Gasteiger partial charge is 0.405 e. The number of anilines is 2. The van der Waals surface area contributed by atoms with Crippen molar-refractivity contribution >= 4 is 11.6 Å². The second-order valence-electron chi connectivity index (χ2n) is 6.09. The first-order valence-corrected chi connectivity index (χ1v) is 6.56. The Balaban J connectivity index is 3.00. The molecule has 1 heterocycles. The van der Waals surface area contributed by atoms with E-state index >= 15 is 0 Å². The van der Waals surface area contributed by atoms with Crippen LogP contribution < -0.4 is 10.2 Å². The van der Waals surface area contributed by atoms with Crippen molar-refractivity contribution < 1.29 is 13.2 Å². The van der Waals surface area contributed by atoms with Gasteiger partial charge in [-0.15, -0.1) is 0 Å². The molecule has 1 aromatic rings. The van der Waals surface area contributed by atoms with Gasteiger partial charge in [0.05, 0.1) is 0 Å². The summed E-state index contributed by atoms with van der Waals surface area (Å²) in [5.74, 6) is 0.898. The lowest BCUT2D eigenvalue weighted by Gasteiger charge is -2.29. The first-order valence-electron chi connectivity index (χ1n) is 6.56. The fraction of sp³-hybridized carbons (Fsp3) is 0.643. The van der Waals surface area contributed by atoms with Crippen LogP contribution in [0.3, 0.4) is 0 Å². The highest BCUT2D eigenvalue weighted by Crippen LogP contribution is 2.24. The van der Waals surface area contributed by atoms with Crippen molar-refractivity contribution in [2.45, 2.75) is 52.4 Å². The van der Waals surface area contributed by atoms with E-state index in [1.165, 1.54) is 4.90 Å². The average molecular weight is 289 g/mol. The number of rotatable bonds is 4. The summed E-state index contributed by atoms with van der Waals surface area (Å²) >= 11 is 0. The third-order valence-corrected chi connectivity index (χ3v) is 2.50. The lowest BCUT2D eigenvalue weighted by Crippen LogP contribution is -2.39. The number of nitrogens with zero attached hydrogens (tertiary/aromatic N) is 2. The van der Waals surface area contributed by atoms with E-state index < -0.39 is 12.7 Å². The summed E-state index contributed by atoms with van der Waals surface area (Å²) in [7, 11) is 0. The van der Waals surface area contributed by atoms with Crippen molar-refractivity contribution in [1.82, 2.24) is 4.98 Å². The minimum absolute atomic E-state index is 0.196. The summed E-state index contributed by atoms with van der Waals surface area (Å²) in [6.45, 7) is 8.34. The van der Waals surface area contributed by atoms with Gasteiger partial charge in [-0.05, 0) is 46.8 Å². The summed E-state index contributed by atoms with van der Waals surface area (Å²) < 4.78 is 37.9. The zero-order valence-electron chi connectivity index (χ0n) is 12.5. The highest BCUT2D eigenvalue weighted by atomic mass is 19.4. The van der Waals surface area contributed by atoms with E-state index in [2.05, 4.69) is 10.3 Å². The molecule has 0 aliphatic carbocycles. The van der Waals surface area contributed by atoms with E-state index in [0.717, 1.165) is 0 Å². The van der Waals surface area contributed by atoms with Gasteiger partial charge in [-0.2, -0.15) is 13.2 Å². The van der Waals surface area contributed by atoms with E-state index in [9.17, 15) is 13.2 Å². The summed E-state index contributed by atoms with van der Waals surface area (Å²) in [6.07, 6.45) is -4.25. The number of hydrogen-bond acceptors (Lipinski definition) is 3. The lowest BCUT2D eigenvalue weighted by atomic mass is 10.1. The minimum atomic E-state index is -4.25. The van der Waals surface area contributed by atoms with Gasteiger partial charge in [0, 0.05) is 11.6 Å². The number of alkyl halides is 3. The second-order valence-corrected chi connectivity index (χ2v) is 6.09. The standard InChI is InChI=1S/C14H22F3N3/c1-10(2)20(9-14(15,16)17)12-8-6-7-11(18-12)19-13(3,4)5/h6-8,10H,9H2,1-5H3,(H,18,19). The topological polar surface area (TPSA) is 28.2 Å². The minimum Gasteiger partial charge on any atom is -0.365 e. The number of aromatic nitrogens is 1. The van der Waals surface area contributed by atoms with Gasteiger partial charge in [0.2, 0.25) is 0 Å². The van der Waals surface area contributed by atoms with Crippen molar-refractivity contribution in [2.75, 3.05) is 16.8 Å². The molecule has 0 aliphatic heterocycles. The Kier molecular flexibility index (Phi) is 4.89. The molecule has 0 amide bonds. The molecule has 0 bridgehead atoms. The van der Waals surface area contributed by atoms with E-state index in [4.69, 9.17) is 0 Å². The zero-order chi connectivity index (χ0) is 15.6. The van der Waals surface area contributed by atoms with Gasteiger partial charge in [-0.3, -0.25) is 0 Å². The maximum absolute atomic E-state index is 12.6. The van der Waals surface area contributed by atoms with E-state index in [-0.39, 0.29) is 11.6 Å². The Bertz CT molecular complexity index is 436. The van der Waals surface area contributed by atoms with Gasteiger partial charge >= 0.3 is 6.18 Å². The highest BCUT2D eigenvalue weighted by Gasteiger charge is 2.32. The van der Waals surface area contributed by atoms with Crippen molar-refractivity contribution in [2.24, 2.45) is 0 Å². The third-order valence-electron chi connectivity index (χ3n) is 2.50. The Hall–Kier alpha value is -1.46. The Morgan fingerprint density at radius 1 is 1.20 bits per heavy atom. The first kappa shape index (κ1) is 16.6. The summed E-state index contributed by atoms with van der Waals surface area (Å²) in [5, 5.41) is 3.16. The third kappa shape index (κ3) is 5.67. The fourth-order valence-corrected chi connectivity index (χ4v) is 1.76. The van der Waals surface area contributed by atoms with Crippen LogP contribution in [0.5, 0.6) is 0 Å². The first-order chi connectivity index (χ1) is 8.98. The Morgan fingerprint density at radius 2 is 1.80 bits per heavy atom. The summed E-state index contributed by atoms with van der Waals surface area (Å²) in [4.78, 5) is 5.52. The molecule has 0 saturated heterocycles. The van der Waals surface area contributed by atoms with Crippen LogP contribution in [-0.2, 0) is 0 Å². The molecule has 20 heavy (non-hydrogen) atoms. The lowest BCUT2D eigenvalue weighted by molar-refractivity contribution is -0.120. The van der Waals surface area contributed by atoms with Gasteiger partial charge in [0.25, 0.3) is 0 Å². The molecule has 0 aliphatic rings. The summed E-state index contributed by atoms with van der Waals surface area (Å²) in [6, 6.07) is 4.77. The van der Waals surface area contributed by atoms with Crippen LogP contribution in [0, 0.1) is 0 Å². The van der Waals surface area contributed by atoms with Gasteiger partial charge in [0.1, 0.15) is 18.2 Å². The SMILES string of the molecule is CC(C)N(CC(F)(F)F)c1cccc(NC(C)(C)C)n1. The molecule has 0 fully saturated rings. The van der Waals surface area contributed by atoms with Crippen molar-refractivity contribution in [3.63, 3.8) is 0 Å². The smallest absolute Gasteiger partial charge is 0.365 e. The molecule has 0 unspecified atom stereocenters. The van der Waals surface area contributed by atoms with Gasteiger partial charge < -0.3 is 10.2 Å².